The monoisotopic (exact) mass is 403 g/mol. The summed E-state index contributed by atoms with van der Waals surface area (Å²) in [4.78, 5) is 47.2. The molecule has 0 spiro atoms. The van der Waals surface area contributed by atoms with Gasteiger partial charge in [-0.3, -0.25) is 20.2 Å². The zero-order valence-corrected chi connectivity index (χ0v) is 16.0. The smallest absolute Gasteiger partial charge is 0.337 e. The number of nitrogens with zero attached hydrogens (tertiary/aromatic N) is 1. The number of aromatic nitrogens is 1. The Morgan fingerprint density at radius 2 is 1.77 bits per heavy atom. The highest BCUT2D eigenvalue weighted by Gasteiger charge is 2.28. The molecule has 0 bridgehead atoms. The fourth-order valence-electron chi connectivity index (χ4n) is 3.39. The first-order chi connectivity index (χ1) is 14.5. The lowest BCUT2D eigenvalue weighted by atomic mass is 10.1. The molecule has 0 unspecified atom stereocenters. The van der Waals surface area contributed by atoms with Crippen LogP contribution in [0.3, 0.4) is 0 Å². The Morgan fingerprint density at radius 1 is 1.03 bits per heavy atom. The number of carbonyl (C=O) groups excluding carboxylic acids is 4. The van der Waals surface area contributed by atoms with Gasteiger partial charge < -0.3 is 9.30 Å². The Kier molecular flexibility index (Phi) is 4.89. The number of hydrogen-bond acceptors (Lipinski definition) is 5. The van der Waals surface area contributed by atoms with Crippen LogP contribution in [0.2, 0.25) is 0 Å². The molecule has 0 aliphatic carbocycles. The topological polar surface area (TPSA) is 106 Å². The number of benzene rings is 2. The number of para-hydroxylation sites is 1. The number of nitrogens with one attached hydrogen (secondary N) is 2. The van der Waals surface area contributed by atoms with Gasteiger partial charge in [-0.25, -0.2) is 9.59 Å². The molecule has 1 aliphatic heterocycles. The highest BCUT2D eigenvalue weighted by Crippen LogP contribution is 2.25. The third kappa shape index (κ3) is 3.58. The quantitative estimate of drug-likeness (QED) is 0.395. The van der Waals surface area contributed by atoms with Crippen LogP contribution in [0, 0.1) is 0 Å². The normalized spacial score (nSPS) is 13.8. The molecule has 1 saturated heterocycles. The summed E-state index contributed by atoms with van der Waals surface area (Å²) in [6.07, 6.45) is 3.28. The summed E-state index contributed by atoms with van der Waals surface area (Å²) in [6, 6.07) is 13.8. The fourth-order valence-corrected chi connectivity index (χ4v) is 3.39. The highest BCUT2D eigenvalue weighted by atomic mass is 16.5. The maximum absolute atomic E-state index is 12.1. The number of barbiturate groups is 1. The van der Waals surface area contributed by atoms with Gasteiger partial charge in [0, 0.05) is 29.2 Å². The summed E-state index contributed by atoms with van der Waals surface area (Å²) in [5.41, 5.74) is 2.74. The summed E-state index contributed by atoms with van der Waals surface area (Å²) in [5.74, 6) is -1.90. The molecule has 30 heavy (non-hydrogen) atoms. The number of fused-ring (bicyclic) bond motifs is 1. The van der Waals surface area contributed by atoms with Crippen LogP contribution < -0.4 is 10.6 Å². The molecule has 0 radical (unpaired) electrons. The van der Waals surface area contributed by atoms with E-state index in [1.54, 1.807) is 18.2 Å². The van der Waals surface area contributed by atoms with Gasteiger partial charge in [-0.1, -0.05) is 30.3 Å². The van der Waals surface area contributed by atoms with Gasteiger partial charge in [0.25, 0.3) is 11.8 Å². The van der Waals surface area contributed by atoms with E-state index in [4.69, 9.17) is 4.74 Å². The Morgan fingerprint density at radius 3 is 2.50 bits per heavy atom. The number of imide groups is 2. The van der Waals surface area contributed by atoms with Gasteiger partial charge in [-0.15, -0.1) is 0 Å². The number of ether oxygens (including phenoxy) is 1. The summed E-state index contributed by atoms with van der Waals surface area (Å²) >= 11 is 0. The number of amides is 4. The lowest BCUT2D eigenvalue weighted by Crippen LogP contribution is -2.51. The molecule has 8 heteroatoms. The fraction of sp³-hybridized carbons (Fsp3) is 0.0909. The molecule has 4 amide bonds. The van der Waals surface area contributed by atoms with E-state index in [1.165, 1.54) is 13.2 Å². The molecule has 1 aromatic heterocycles. The Bertz CT molecular complexity index is 1220. The van der Waals surface area contributed by atoms with Crippen molar-refractivity contribution in [3.05, 3.63) is 77.0 Å². The van der Waals surface area contributed by atoms with Gasteiger partial charge in [-0.05, 0) is 29.8 Å². The summed E-state index contributed by atoms with van der Waals surface area (Å²) in [5, 5.41) is 4.98. The van der Waals surface area contributed by atoms with Crippen molar-refractivity contribution >= 4 is 40.8 Å². The molecule has 2 heterocycles. The van der Waals surface area contributed by atoms with E-state index < -0.39 is 23.8 Å². The van der Waals surface area contributed by atoms with E-state index in [9.17, 15) is 19.2 Å². The zero-order valence-electron chi connectivity index (χ0n) is 16.0. The number of carbonyl (C=O) groups is 4. The van der Waals surface area contributed by atoms with E-state index in [0.717, 1.165) is 16.5 Å². The number of rotatable bonds is 4. The average Bonchev–Trinajstić information content (AvgIpc) is 3.07. The molecule has 4 rings (SSSR count). The van der Waals surface area contributed by atoms with Crippen LogP contribution in [-0.4, -0.2) is 35.5 Å². The van der Waals surface area contributed by atoms with Crippen molar-refractivity contribution in [1.29, 1.82) is 0 Å². The van der Waals surface area contributed by atoms with Crippen LogP contribution >= 0.6 is 0 Å². The molecule has 3 aromatic rings. The summed E-state index contributed by atoms with van der Waals surface area (Å²) in [6.45, 7) is 0.464. The van der Waals surface area contributed by atoms with Crippen LogP contribution in [0.5, 0.6) is 0 Å². The second-order valence-electron chi connectivity index (χ2n) is 6.72. The van der Waals surface area contributed by atoms with Gasteiger partial charge >= 0.3 is 12.0 Å². The molecule has 2 N–H and O–H groups in total. The van der Waals surface area contributed by atoms with Crippen LogP contribution in [0.1, 0.15) is 21.5 Å². The standard InChI is InChI=1S/C22H17N3O5/c1-30-21(28)14-6-4-5-13(9-14)11-25-12-15(16-7-2-3-8-18(16)25)10-17-19(26)23-22(29)24-20(17)27/h2-10,12H,11H2,1H3,(H2,23,24,26,27,29). The van der Waals surface area contributed by atoms with Gasteiger partial charge in [0.2, 0.25) is 0 Å². The van der Waals surface area contributed by atoms with Crippen molar-refractivity contribution in [1.82, 2.24) is 15.2 Å². The predicted octanol–water partition coefficient (Wildman–Crippen LogP) is 2.23. The predicted molar refractivity (Wildman–Crippen MR) is 108 cm³/mol. The summed E-state index contributed by atoms with van der Waals surface area (Å²) < 4.78 is 6.74. The van der Waals surface area contributed by atoms with Gasteiger partial charge in [0.05, 0.1) is 12.7 Å². The second-order valence-corrected chi connectivity index (χ2v) is 6.72. The molecule has 0 saturated carbocycles. The molecule has 1 aliphatic rings. The molecule has 8 nitrogen and oxygen atoms in total. The van der Waals surface area contributed by atoms with Gasteiger partial charge in [0.1, 0.15) is 5.57 Å². The van der Waals surface area contributed by atoms with Crippen LogP contribution in [0.25, 0.3) is 17.0 Å². The Hall–Kier alpha value is -4.20. The number of urea groups is 1. The second kappa shape index (κ2) is 7.67. The molecular formula is C22H17N3O5. The average molecular weight is 403 g/mol. The van der Waals surface area contributed by atoms with E-state index in [0.29, 0.717) is 17.7 Å². The molecule has 2 aromatic carbocycles. The summed E-state index contributed by atoms with van der Waals surface area (Å²) in [7, 11) is 1.33. The third-order valence-corrected chi connectivity index (χ3v) is 4.76. The maximum Gasteiger partial charge on any atom is 0.337 e. The zero-order chi connectivity index (χ0) is 21.3. The van der Waals surface area contributed by atoms with Crippen LogP contribution in [0.15, 0.2) is 60.3 Å². The lowest BCUT2D eigenvalue weighted by Gasteiger charge is -2.13. The molecule has 0 atom stereocenters. The first kappa shape index (κ1) is 19.1. The van der Waals surface area contributed by atoms with Crippen molar-refractivity contribution in [2.45, 2.75) is 6.54 Å². The molecule has 150 valence electrons. The third-order valence-electron chi connectivity index (χ3n) is 4.76. The van der Waals surface area contributed by atoms with Crippen molar-refractivity contribution in [2.75, 3.05) is 7.11 Å². The largest absolute Gasteiger partial charge is 0.465 e. The maximum atomic E-state index is 12.1. The Balaban J connectivity index is 1.74. The number of hydrogen-bond donors (Lipinski definition) is 2. The van der Waals surface area contributed by atoms with Crippen molar-refractivity contribution in [3.63, 3.8) is 0 Å². The minimum atomic E-state index is -0.838. The SMILES string of the molecule is COC(=O)c1cccc(Cn2cc(C=C3C(=O)NC(=O)NC3=O)c3ccccc32)c1. The molecule has 1 fully saturated rings. The van der Waals surface area contributed by atoms with Crippen molar-refractivity contribution < 1.29 is 23.9 Å². The Labute approximate surface area is 171 Å². The van der Waals surface area contributed by atoms with E-state index >= 15 is 0 Å². The van der Waals surface area contributed by atoms with E-state index in [-0.39, 0.29) is 5.57 Å². The van der Waals surface area contributed by atoms with Crippen molar-refractivity contribution in [2.24, 2.45) is 0 Å². The number of esters is 1. The van der Waals surface area contributed by atoms with Crippen molar-refractivity contribution in [3.8, 4) is 0 Å². The van der Waals surface area contributed by atoms with Crippen LogP contribution in [0.4, 0.5) is 4.79 Å². The minimum Gasteiger partial charge on any atom is -0.465 e. The number of methoxy groups -OCH3 is 1. The van der Waals surface area contributed by atoms with E-state index in [2.05, 4.69) is 10.6 Å². The first-order valence-electron chi connectivity index (χ1n) is 9.10. The van der Waals surface area contributed by atoms with E-state index in [1.807, 2.05) is 41.1 Å². The first-order valence-corrected chi connectivity index (χ1v) is 9.10. The van der Waals surface area contributed by atoms with Gasteiger partial charge in [-0.2, -0.15) is 0 Å². The molecular weight excluding hydrogens is 386 g/mol. The van der Waals surface area contributed by atoms with Gasteiger partial charge in [0.15, 0.2) is 0 Å². The highest BCUT2D eigenvalue weighted by molar-refractivity contribution is 6.31. The minimum absolute atomic E-state index is 0.148. The van der Waals surface area contributed by atoms with Crippen LogP contribution in [-0.2, 0) is 20.9 Å². The lowest BCUT2D eigenvalue weighted by molar-refractivity contribution is -0.123.